The smallest absolute Gasteiger partial charge is 0.390 e. The zero-order chi connectivity index (χ0) is 14.6. The highest BCUT2D eigenvalue weighted by atomic mass is 19.4. The molecule has 0 saturated carbocycles. The summed E-state index contributed by atoms with van der Waals surface area (Å²) in [6.07, 6.45) is -3.59. The first kappa shape index (κ1) is 15.1. The molecule has 0 unspecified atom stereocenters. The number of hydrogen-bond donors (Lipinski definition) is 1. The molecule has 20 heavy (non-hydrogen) atoms. The first-order valence-electron chi connectivity index (χ1n) is 6.51. The van der Waals surface area contributed by atoms with Crippen LogP contribution in [0.25, 0.3) is 0 Å². The molecule has 0 aromatic carbocycles. The highest BCUT2D eigenvalue weighted by molar-refractivity contribution is 5.21. The minimum Gasteiger partial charge on any atom is -0.481 e. The predicted molar refractivity (Wildman–Crippen MR) is 68.6 cm³/mol. The first-order chi connectivity index (χ1) is 9.49. The summed E-state index contributed by atoms with van der Waals surface area (Å²) >= 11 is 0. The van der Waals surface area contributed by atoms with Gasteiger partial charge in [-0.3, -0.25) is 4.90 Å². The van der Waals surface area contributed by atoms with E-state index in [-0.39, 0.29) is 0 Å². The highest BCUT2D eigenvalue weighted by Gasteiger charge is 2.36. The van der Waals surface area contributed by atoms with Gasteiger partial charge < -0.3 is 10.1 Å². The molecule has 0 spiro atoms. The van der Waals surface area contributed by atoms with Gasteiger partial charge in [-0.2, -0.15) is 13.2 Å². The van der Waals surface area contributed by atoms with Gasteiger partial charge >= 0.3 is 6.18 Å². The van der Waals surface area contributed by atoms with Crippen LogP contribution in [0, 0.1) is 0 Å². The molecule has 0 bridgehead atoms. The molecule has 0 radical (unpaired) electrons. The van der Waals surface area contributed by atoms with Crippen molar-refractivity contribution in [3.05, 3.63) is 23.9 Å². The molecule has 7 heteroatoms. The van der Waals surface area contributed by atoms with Crippen molar-refractivity contribution >= 4 is 0 Å². The number of pyridine rings is 1. The summed E-state index contributed by atoms with van der Waals surface area (Å²) in [6, 6.07) is 2.57. The molecule has 1 atom stereocenters. The van der Waals surface area contributed by atoms with E-state index >= 15 is 0 Å². The summed E-state index contributed by atoms with van der Waals surface area (Å²) in [5.41, 5.74) is 0.574. The Labute approximate surface area is 115 Å². The second kappa shape index (κ2) is 6.41. The van der Waals surface area contributed by atoms with E-state index in [1.807, 2.05) is 4.90 Å². The topological polar surface area (TPSA) is 37.4 Å². The van der Waals surface area contributed by atoms with Crippen molar-refractivity contribution < 1.29 is 17.9 Å². The number of alkyl halides is 3. The largest absolute Gasteiger partial charge is 0.481 e. The molecule has 1 fully saturated rings. The summed E-state index contributed by atoms with van der Waals surface area (Å²) in [6.45, 7) is 2.62. The normalized spacial score (nSPS) is 18.8. The second-order valence-electron chi connectivity index (χ2n) is 4.75. The third kappa shape index (κ3) is 4.08. The molecule has 1 aromatic rings. The van der Waals surface area contributed by atoms with E-state index in [2.05, 4.69) is 10.3 Å². The average Bonchev–Trinajstić information content (AvgIpc) is 2.45. The Bertz CT molecular complexity index is 416. The number of nitrogens with one attached hydrogen (secondary N) is 1. The Morgan fingerprint density at radius 1 is 1.35 bits per heavy atom. The zero-order valence-corrected chi connectivity index (χ0v) is 11.3. The molecule has 112 valence electrons. The van der Waals surface area contributed by atoms with Gasteiger partial charge in [0.2, 0.25) is 5.88 Å². The van der Waals surface area contributed by atoms with Crippen molar-refractivity contribution in [3.63, 3.8) is 0 Å². The van der Waals surface area contributed by atoms with Crippen LogP contribution >= 0.6 is 0 Å². The van der Waals surface area contributed by atoms with Gasteiger partial charge in [0.25, 0.3) is 0 Å². The van der Waals surface area contributed by atoms with Crippen LogP contribution in [0.15, 0.2) is 18.3 Å². The third-order valence-electron chi connectivity index (χ3n) is 3.37. The fourth-order valence-corrected chi connectivity index (χ4v) is 2.38. The molecule has 1 aromatic heterocycles. The van der Waals surface area contributed by atoms with Crippen LogP contribution in [0.5, 0.6) is 5.88 Å². The molecule has 4 nitrogen and oxygen atoms in total. The van der Waals surface area contributed by atoms with E-state index in [4.69, 9.17) is 4.74 Å². The van der Waals surface area contributed by atoms with Crippen LogP contribution in [0.2, 0.25) is 0 Å². The molecule has 1 aliphatic rings. The van der Waals surface area contributed by atoms with Crippen LogP contribution in [0.1, 0.15) is 18.0 Å². The maximum Gasteiger partial charge on any atom is 0.390 e. The van der Waals surface area contributed by atoms with Gasteiger partial charge in [-0.05, 0) is 5.56 Å². The van der Waals surface area contributed by atoms with E-state index in [1.54, 1.807) is 12.1 Å². The maximum absolute atomic E-state index is 12.8. The van der Waals surface area contributed by atoms with E-state index in [1.165, 1.54) is 13.3 Å². The molecule has 0 aliphatic carbocycles. The lowest BCUT2D eigenvalue weighted by molar-refractivity contribution is -0.148. The number of piperazine rings is 1. The summed E-state index contributed by atoms with van der Waals surface area (Å²) in [5, 5.41) is 3.14. The molecule has 1 aliphatic heterocycles. The van der Waals surface area contributed by atoms with Crippen molar-refractivity contribution in [1.82, 2.24) is 15.2 Å². The minimum absolute atomic E-state index is 0.403. The third-order valence-corrected chi connectivity index (χ3v) is 3.37. The summed E-state index contributed by atoms with van der Waals surface area (Å²) in [7, 11) is 1.48. The zero-order valence-electron chi connectivity index (χ0n) is 11.3. The fraction of sp³-hybridized carbons (Fsp3) is 0.615. The van der Waals surface area contributed by atoms with Gasteiger partial charge in [0.05, 0.1) is 13.5 Å². The number of nitrogens with zero attached hydrogens (tertiary/aromatic N) is 2. The van der Waals surface area contributed by atoms with Gasteiger partial charge in [-0.25, -0.2) is 4.98 Å². The number of hydrogen-bond acceptors (Lipinski definition) is 4. The SMILES string of the molecule is COc1ccc([C@H](CC(F)(F)F)N2CCNCC2)cn1. The van der Waals surface area contributed by atoms with Crippen LogP contribution in [-0.4, -0.2) is 49.3 Å². The Morgan fingerprint density at radius 2 is 2.05 bits per heavy atom. The van der Waals surface area contributed by atoms with Crippen LogP contribution in [-0.2, 0) is 0 Å². The van der Waals surface area contributed by atoms with E-state index < -0.39 is 18.6 Å². The summed E-state index contributed by atoms with van der Waals surface area (Å²) < 4.78 is 43.4. The number of ether oxygens (including phenoxy) is 1. The van der Waals surface area contributed by atoms with Crippen LogP contribution in [0.4, 0.5) is 13.2 Å². The van der Waals surface area contributed by atoms with E-state index in [0.717, 1.165) is 0 Å². The number of methoxy groups -OCH3 is 1. The molecule has 1 N–H and O–H groups in total. The molecular formula is C13H18F3N3O. The van der Waals surface area contributed by atoms with Gasteiger partial charge in [0.1, 0.15) is 0 Å². The predicted octanol–water partition coefficient (Wildman–Crippen LogP) is 1.99. The second-order valence-corrected chi connectivity index (χ2v) is 4.75. The molecule has 0 amide bonds. The first-order valence-corrected chi connectivity index (χ1v) is 6.51. The van der Waals surface area contributed by atoms with Crippen molar-refractivity contribution in [2.24, 2.45) is 0 Å². The van der Waals surface area contributed by atoms with Gasteiger partial charge in [-0.1, -0.05) is 6.07 Å². The molecule has 2 rings (SSSR count). The summed E-state index contributed by atoms with van der Waals surface area (Å²) in [4.78, 5) is 5.87. The molecule has 1 saturated heterocycles. The van der Waals surface area contributed by atoms with Crippen molar-refractivity contribution in [1.29, 1.82) is 0 Å². The monoisotopic (exact) mass is 289 g/mol. The quantitative estimate of drug-likeness (QED) is 0.920. The minimum atomic E-state index is -4.20. The standard InChI is InChI=1S/C13H18F3N3O/c1-20-12-3-2-10(9-18-12)11(8-13(14,15)16)19-6-4-17-5-7-19/h2-3,9,11,17H,4-8H2,1H3/t11-/m0/s1. The Morgan fingerprint density at radius 3 is 2.55 bits per heavy atom. The van der Waals surface area contributed by atoms with E-state index in [9.17, 15) is 13.2 Å². The Kier molecular flexibility index (Phi) is 4.82. The highest BCUT2D eigenvalue weighted by Crippen LogP contribution is 2.34. The lowest BCUT2D eigenvalue weighted by Crippen LogP contribution is -2.46. The Balaban J connectivity index is 2.19. The van der Waals surface area contributed by atoms with Crippen molar-refractivity contribution in [2.45, 2.75) is 18.6 Å². The summed E-state index contributed by atoms with van der Waals surface area (Å²) in [5.74, 6) is 0.403. The van der Waals surface area contributed by atoms with Gasteiger partial charge in [0.15, 0.2) is 0 Å². The Hall–Kier alpha value is -1.34. The fourth-order valence-electron chi connectivity index (χ4n) is 2.38. The number of aromatic nitrogens is 1. The lowest BCUT2D eigenvalue weighted by Gasteiger charge is -2.35. The van der Waals surface area contributed by atoms with Crippen LogP contribution in [0.3, 0.4) is 0 Å². The van der Waals surface area contributed by atoms with Crippen molar-refractivity contribution in [2.75, 3.05) is 33.3 Å². The number of rotatable bonds is 4. The van der Waals surface area contributed by atoms with Crippen LogP contribution < -0.4 is 10.1 Å². The van der Waals surface area contributed by atoms with Gasteiger partial charge in [-0.15, -0.1) is 0 Å². The van der Waals surface area contributed by atoms with E-state index in [0.29, 0.717) is 37.6 Å². The average molecular weight is 289 g/mol. The molecular weight excluding hydrogens is 271 g/mol. The maximum atomic E-state index is 12.8. The molecule has 2 heterocycles. The lowest BCUT2D eigenvalue weighted by atomic mass is 10.0. The number of halogens is 3. The van der Waals surface area contributed by atoms with Gasteiger partial charge in [0, 0.05) is 44.5 Å². The van der Waals surface area contributed by atoms with Crippen molar-refractivity contribution in [3.8, 4) is 5.88 Å².